The smallest absolute Gasteiger partial charge is 0.0996 e. The van der Waals surface area contributed by atoms with Crippen molar-refractivity contribution in [3.05, 3.63) is 12.7 Å². The fourth-order valence-electron chi connectivity index (χ4n) is 0. The lowest BCUT2D eigenvalue weighted by atomic mass is 10.8. The van der Waals surface area contributed by atoms with Crippen LogP contribution < -0.4 is 0 Å². The van der Waals surface area contributed by atoms with Gasteiger partial charge < -0.3 is 0 Å². The SMILES string of the molecule is C=CC(Cl)(Br)Br. The summed E-state index contributed by atoms with van der Waals surface area (Å²) in [4.78, 5) is 0. The molecule has 0 aromatic carbocycles. The second kappa shape index (κ2) is 2.34. The molecule has 0 nitrogen and oxygen atoms in total. The first-order valence-corrected chi connectivity index (χ1v) is 3.23. The van der Waals surface area contributed by atoms with Gasteiger partial charge in [0, 0.05) is 0 Å². The number of hydrogen-bond donors (Lipinski definition) is 0. The Balaban J connectivity index is 3.45. The molecule has 0 rings (SSSR count). The molecule has 0 aromatic heterocycles. The predicted molar refractivity (Wildman–Crippen MR) is 36.6 cm³/mol. The lowest BCUT2D eigenvalue weighted by molar-refractivity contribution is 1.61. The summed E-state index contributed by atoms with van der Waals surface area (Å²) < 4.78 is -0.597. The zero-order valence-electron chi connectivity index (χ0n) is 2.92. The van der Waals surface area contributed by atoms with E-state index in [2.05, 4.69) is 38.4 Å². The summed E-state index contributed by atoms with van der Waals surface area (Å²) in [6.45, 7) is 3.41. The van der Waals surface area contributed by atoms with Crippen molar-refractivity contribution in [2.45, 2.75) is 2.69 Å². The average molecular weight is 234 g/mol. The quantitative estimate of drug-likeness (QED) is 0.483. The molecule has 0 bridgehead atoms. The van der Waals surface area contributed by atoms with E-state index in [1.807, 2.05) is 0 Å². The van der Waals surface area contributed by atoms with Crippen LogP contribution >= 0.6 is 43.5 Å². The van der Waals surface area contributed by atoms with E-state index < -0.39 is 2.69 Å². The van der Waals surface area contributed by atoms with Gasteiger partial charge in [-0.2, -0.15) is 0 Å². The normalized spacial score (nSPS) is 11.2. The Bertz CT molecular complexity index is 54.3. The van der Waals surface area contributed by atoms with Gasteiger partial charge in [0.1, 0.15) is 0 Å². The van der Waals surface area contributed by atoms with Crippen molar-refractivity contribution in [3.63, 3.8) is 0 Å². The van der Waals surface area contributed by atoms with E-state index in [0.29, 0.717) is 0 Å². The van der Waals surface area contributed by atoms with Gasteiger partial charge in [-0.15, -0.1) is 0 Å². The molecule has 0 aliphatic heterocycles. The van der Waals surface area contributed by atoms with E-state index in [0.717, 1.165) is 0 Å². The van der Waals surface area contributed by atoms with Gasteiger partial charge in [0.2, 0.25) is 0 Å². The van der Waals surface area contributed by atoms with Gasteiger partial charge >= 0.3 is 0 Å². The number of hydrogen-bond acceptors (Lipinski definition) is 0. The van der Waals surface area contributed by atoms with E-state index in [1.165, 1.54) is 6.08 Å². The minimum absolute atomic E-state index is 0.597. The largest absolute Gasteiger partial charge is 0.171 e. The van der Waals surface area contributed by atoms with Crippen molar-refractivity contribution < 1.29 is 0 Å². The van der Waals surface area contributed by atoms with Crippen LogP contribution in [0.25, 0.3) is 0 Å². The first-order valence-electron chi connectivity index (χ1n) is 1.26. The van der Waals surface area contributed by atoms with Gasteiger partial charge in [-0.05, 0) is 6.08 Å². The van der Waals surface area contributed by atoms with Gasteiger partial charge in [0.15, 0.2) is 2.69 Å². The Labute approximate surface area is 58.8 Å². The van der Waals surface area contributed by atoms with Gasteiger partial charge in [0.25, 0.3) is 0 Å². The summed E-state index contributed by atoms with van der Waals surface area (Å²) in [5.74, 6) is 0. The second-order valence-electron chi connectivity index (χ2n) is 0.746. The first kappa shape index (κ1) is 6.99. The summed E-state index contributed by atoms with van der Waals surface area (Å²) in [5.41, 5.74) is 0. The van der Waals surface area contributed by atoms with Crippen molar-refractivity contribution in [3.8, 4) is 0 Å². The van der Waals surface area contributed by atoms with Crippen molar-refractivity contribution >= 4 is 43.5 Å². The lowest BCUT2D eigenvalue weighted by Gasteiger charge is -1.99. The highest BCUT2D eigenvalue weighted by Crippen LogP contribution is 2.31. The highest BCUT2D eigenvalue weighted by atomic mass is 79.9. The van der Waals surface area contributed by atoms with Crippen molar-refractivity contribution in [2.75, 3.05) is 0 Å². The molecule has 0 fully saturated rings. The van der Waals surface area contributed by atoms with Crippen LogP contribution in [-0.4, -0.2) is 2.69 Å². The van der Waals surface area contributed by atoms with Crippen LogP contribution in [-0.2, 0) is 0 Å². The fourth-order valence-corrected chi connectivity index (χ4v) is 0. The maximum absolute atomic E-state index is 5.43. The molecule has 0 saturated carbocycles. The summed E-state index contributed by atoms with van der Waals surface area (Å²) >= 11 is 11.5. The number of allylic oxidation sites excluding steroid dienone is 1. The molecule has 0 heterocycles. The molecule has 0 aliphatic carbocycles. The zero-order valence-corrected chi connectivity index (χ0v) is 6.85. The summed E-state index contributed by atoms with van der Waals surface area (Å²) in [6.07, 6.45) is 1.54. The number of rotatable bonds is 1. The third-order valence-corrected chi connectivity index (χ3v) is 1.03. The lowest BCUT2D eigenvalue weighted by Crippen LogP contribution is -1.88. The first-order chi connectivity index (χ1) is 2.56. The van der Waals surface area contributed by atoms with Crippen LogP contribution in [0.3, 0.4) is 0 Å². The summed E-state index contributed by atoms with van der Waals surface area (Å²) in [6, 6.07) is 0. The molecule has 0 aliphatic rings. The van der Waals surface area contributed by atoms with Gasteiger partial charge in [-0.1, -0.05) is 50.0 Å². The predicted octanol–water partition coefficient (Wildman–Crippen LogP) is 2.85. The number of halogens is 3. The van der Waals surface area contributed by atoms with Crippen LogP contribution in [0, 0.1) is 0 Å². The molecule has 0 N–H and O–H groups in total. The zero-order chi connectivity index (χ0) is 5.21. The van der Waals surface area contributed by atoms with E-state index >= 15 is 0 Å². The number of alkyl halides is 3. The van der Waals surface area contributed by atoms with Crippen LogP contribution in [0.1, 0.15) is 0 Å². The molecule has 0 radical (unpaired) electrons. The molecule has 36 valence electrons. The minimum Gasteiger partial charge on any atom is -0.0996 e. The van der Waals surface area contributed by atoms with Crippen LogP contribution in [0.15, 0.2) is 12.7 Å². The maximum atomic E-state index is 5.43. The molecule has 0 unspecified atom stereocenters. The Morgan fingerprint density at radius 1 is 1.67 bits per heavy atom. The molecule has 0 saturated heterocycles. The Morgan fingerprint density at radius 2 is 1.83 bits per heavy atom. The summed E-state index contributed by atoms with van der Waals surface area (Å²) in [5, 5.41) is 0. The molecular formula is C3H3Br2Cl. The van der Waals surface area contributed by atoms with Crippen LogP contribution in [0.4, 0.5) is 0 Å². The third-order valence-electron chi connectivity index (χ3n) is 0.231. The van der Waals surface area contributed by atoms with Crippen LogP contribution in [0.2, 0.25) is 0 Å². The Hall–Kier alpha value is 0.990. The standard InChI is InChI=1S/C3H3Br2Cl/c1-2-3(4,5)6/h2H,1H2. The molecule has 0 spiro atoms. The van der Waals surface area contributed by atoms with Crippen molar-refractivity contribution in [1.29, 1.82) is 0 Å². The highest BCUT2D eigenvalue weighted by Gasteiger charge is 2.09. The van der Waals surface area contributed by atoms with Crippen molar-refractivity contribution in [2.24, 2.45) is 0 Å². The molecule has 0 amide bonds. The minimum atomic E-state index is -0.597. The molecule has 0 aromatic rings. The topological polar surface area (TPSA) is 0 Å². The van der Waals surface area contributed by atoms with E-state index in [9.17, 15) is 0 Å². The van der Waals surface area contributed by atoms with Gasteiger partial charge in [-0.3, -0.25) is 0 Å². The van der Waals surface area contributed by atoms with E-state index in [4.69, 9.17) is 11.6 Å². The molecule has 0 atom stereocenters. The summed E-state index contributed by atoms with van der Waals surface area (Å²) in [7, 11) is 0. The Morgan fingerprint density at radius 3 is 1.83 bits per heavy atom. The van der Waals surface area contributed by atoms with Crippen LogP contribution in [0.5, 0.6) is 0 Å². The average Bonchev–Trinajstić information content (AvgIpc) is 1.35. The molecule has 6 heavy (non-hydrogen) atoms. The third kappa shape index (κ3) is 4.99. The molecule has 3 heteroatoms. The maximum Gasteiger partial charge on any atom is 0.171 e. The van der Waals surface area contributed by atoms with E-state index in [1.54, 1.807) is 0 Å². The van der Waals surface area contributed by atoms with E-state index in [-0.39, 0.29) is 0 Å². The van der Waals surface area contributed by atoms with Gasteiger partial charge in [0.05, 0.1) is 0 Å². The van der Waals surface area contributed by atoms with Gasteiger partial charge in [-0.25, -0.2) is 0 Å². The molecular weight excluding hydrogens is 231 g/mol. The van der Waals surface area contributed by atoms with Crippen molar-refractivity contribution in [1.82, 2.24) is 0 Å². The monoisotopic (exact) mass is 232 g/mol. The highest BCUT2D eigenvalue weighted by molar-refractivity contribution is 9.26. The fraction of sp³-hybridized carbons (Fsp3) is 0.333. The Kier molecular flexibility index (Phi) is 2.72. The second-order valence-corrected chi connectivity index (χ2v) is 5.82.